The molecule has 0 aromatic heterocycles. The number of esters is 1. The van der Waals surface area contributed by atoms with Gasteiger partial charge in [0.1, 0.15) is 5.76 Å². The van der Waals surface area contributed by atoms with Gasteiger partial charge in [-0.05, 0) is 17.1 Å². The van der Waals surface area contributed by atoms with Crippen molar-refractivity contribution in [2.45, 2.75) is 27.2 Å². The lowest BCUT2D eigenvalue weighted by Gasteiger charge is -2.18. The number of hydrogen-bond acceptors (Lipinski definition) is 2. The Bertz CT molecular complexity index is 389. The highest BCUT2D eigenvalue weighted by Crippen LogP contribution is 2.43. The fraction of sp³-hybridized carbons (Fsp3) is 0.417. The van der Waals surface area contributed by atoms with E-state index in [4.69, 9.17) is 4.74 Å². The number of carbonyl (C=O) groups excluding carboxylic acids is 1. The Labute approximate surface area is 83.9 Å². The van der Waals surface area contributed by atoms with Gasteiger partial charge >= 0.3 is 5.97 Å². The molecule has 2 nitrogen and oxygen atoms in total. The summed E-state index contributed by atoms with van der Waals surface area (Å²) in [6.45, 7) is 9.96. The van der Waals surface area contributed by atoms with E-state index in [1.807, 2.05) is 26.8 Å². The van der Waals surface area contributed by atoms with Gasteiger partial charge in [0.05, 0.1) is 5.57 Å². The molecular formula is C12H14O2. The fourth-order valence-corrected chi connectivity index (χ4v) is 1.97. The molecule has 0 N–H and O–H groups in total. The zero-order valence-corrected chi connectivity index (χ0v) is 8.81. The third-order valence-corrected chi connectivity index (χ3v) is 2.50. The summed E-state index contributed by atoms with van der Waals surface area (Å²) in [6, 6.07) is 0. The minimum Gasteiger partial charge on any atom is -0.423 e. The number of carbonyl (C=O) groups is 1. The summed E-state index contributed by atoms with van der Waals surface area (Å²) in [5.41, 5.74) is 2.71. The van der Waals surface area contributed by atoms with Gasteiger partial charge in [-0.25, -0.2) is 4.79 Å². The molecule has 1 aliphatic carbocycles. The van der Waals surface area contributed by atoms with Crippen molar-refractivity contribution in [3.8, 4) is 0 Å². The zero-order chi connectivity index (χ0) is 10.5. The summed E-state index contributed by atoms with van der Waals surface area (Å²) in [5, 5.41) is 0. The van der Waals surface area contributed by atoms with E-state index < -0.39 is 0 Å². The Morgan fingerprint density at radius 1 is 1.43 bits per heavy atom. The molecule has 2 rings (SSSR count). The summed E-state index contributed by atoms with van der Waals surface area (Å²) < 4.78 is 5.18. The summed E-state index contributed by atoms with van der Waals surface area (Å²) in [6.07, 6.45) is 2.61. The van der Waals surface area contributed by atoms with Crippen molar-refractivity contribution < 1.29 is 9.53 Å². The van der Waals surface area contributed by atoms with E-state index in [9.17, 15) is 4.79 Å². The third kappa shape index (κ3) is 1.22. The molecule has 0 amide bonds. The second kappa shape index (κ2) is 2.59. The van der Waals surface area contributed by atoms with Gasteiger partial charge in [-0.2, -0.15) is 0 Å². The van der Waals surface area contributed by atoms with Crippen LogP contribution in [-0.2, 0) is 9.53 Å². The lowest BCUT2D eigenvalue weighted by molar-refractivity contribution is -0.134. The first-order valence-corrected chi connectivity index (χ1v) is 4.75. The van der Waals surface area contributed by atoms with E-state index in [-0.39, 0.29) is 11.4 Å². The van der Waals surface area contributed by atoms with Crippen LogP contribution in [0.5, 0.6) is 0 Å². The molecule has 2 heteroatoms. The monoisotopic (exact) mass is 190 g/mol. The number of fused-ring (bicyclic) bond motifs is 1. The maximum atomic E-state index is 11.6. The van der Waals surface area contributed by atoms with Crippen LogP contribution in [0.15, 0.2) is 35.1 Å². The Morgan fingerprint density at radius 2 is 2.07 bits per heavy atom. The smallest absolute Gasteiger partial charge is 0.340 e. The van der Waals surface area contributed by atoms with E-state index in [1.165, 1.54) is 0 Å². The highest BCUT2D eigenvalue weighted by atomic mass is 16.5. The van der Waals surface area contributed by atoms with Crippen LogP contribution in [0, 0.1) is 5.41 Å². The first-order valence-electron chi connectivity index (χ1n) is 4.75. The Morgan fingerprint density at radius 3 is 2.64 bits per heavy atom. The van der Waals surface area contributed by atoms with Gasteiger partial charge in [0, 0.05) is 12.0 Å². The average Bonchev–Trinajstić information content (AvgIpc) is 2.38. The minimum absolute atomic E-state index is 0.146. The van der Waals surface area contributed by atoms with Gasteiger partial charge in [0.15, 0.2) is 0 Å². The predicted octanol–water partition coefficient (Wildman–Crippen LogP) is 2.73. The van der Waals surface area contributed by atoms with Crippen molar-refractivity contribution in [2.24, 2.45) is 5.41 Å². The molecule has 0 saturated heterocycles. The Hall–Kier alpha value is -1.31. The maximum absolute atomic E-state index is 11.6. The van der Waals surface area contributed by atoms with Gasteiger partial charge in [0.2, 0.25) is 0 Å². The standard InChI is InChI=1S/C12H14O2/c1-7-5-8-9(6-7)14-11(13)10(8)12(2,3)4/h6H,1,5H2,2-4H3. The van der Waals surface area contributed by atoms with E-state index in [0.29, 0.717) is 5.76 Å². The first kappa shape index (κ1) is 9.25. The van der Waals surface area contributed by atoms with Crippen LogP contribution < -0.4 is 0 Å². The molecule has 1 heterocycles. The zero-order valence-electron chi connectivity index (χ0n) is 8.81. The van der Waals surface area contributed by atoms with Crippen molar-refractivity contribution in [1.29, 1.82) is 0 Å². The van der Waals surface area contributed by atoms with E-state index in [2.05, 4.69) is 6.58 Å². The van der Waals surface area contributed by atoms with Gasteiger partial charge in [0.25, 0.3) is 0 Å². The molecule has 0 fully saturated rings. The number of rotatable bonds is 0. The van der Waals surface area contributed by atoms with Crippen LogP contribution >= 0.6 is 0 Å². The van der Waals surface area contributed by atoms with Crippen LogP contribution in [0.3, 0.4) is 0 Å². The SMILES string of the molecule is C=C1C=C2OC(=O)C(C(C)(C)C)=C2C1. The van der Waals surface area contributed by atoms with Crippen LogP contribution in [0.1, 0.15) is 27.2 Å². The summed E-state index contributed by atoms with van der Waals surface area (Å²) in [7, 11) is 0. The maximum Gasteiger partial charge on any atom is 0.340 e. The normalized spacial score (nSPS) is 21.2. The number of ether oxygens (including phenoxy) is 1. The second-order valence-corrected chi connectivity index (χ2v) is 4.84. The van der Waals surface area contributed by atoms with E-state index in [0.717, 1.165) is 23.1 Å². The minimum atomic E-state index is -0.189. The Kier molecular flexibility index (Phi) is 1.71. The molecule has 0 aromatic rings. The van der Waals surface area contributed by atoms with Crippen molar-refractivity contribution in [3.05, 3.63) is 35.1 Å². The van der Waals surface area contributed by atoms with Crippen LogP contribution in [0.25, 0.3) is 0 Å². The number of hydrogen-bond donors (Lipinski definition) is 0. The van der Waals surface area contributed by atoms with Crippen LogP contribution in [-0.4, -0.2) is 5.97 Å². The molecule has 1 aliphatic heterocycles. The topological polar surface area (TPSA) is 26.3 Å². The van der Waals surface area contributed by atoms with Gasteiger partial charge in [-0.3, -0.25) is 0 Å². The lowest BCUT2D eigenvalue weighted by Crippen LogP contribution is -2.16. The van der Waals surface area contributed by atoms with Crippen LogP contribution in [0.4, 0.5) is 0 Å². The molecule has 14 heavy (non-hydrogen) atoms. The molecule has 74 valence electrons. The summed E-state index contributed by atoms with van der Waals surface area (Å²) >= 11 is 0. The molecule has 0 saturated carbocycles. The van der Waals surface area contributed by atoms with Gasteiger partial charge < -0.3 is 4.74 Å². The summed E-state index contributed by atoms with van der Waals surface area (Å²) in [4.78, 5) is 11.6. The molecule has 0 atom stereocenters. The average molecular weight is 190 g/mol. The van der Waals surface area contributed by atoms with Crippen molar-refractivity contribution in [3.63, 3.8) is 0 Å². The molecule has 0 radical (unpaired) electrons. The second-order valence-electron chi connectivity index (χ2n) is 4.84. The third-order valence-electron chi connectivity index (χ3n) is 2.50. The van der Waals surface area contributed by atoms with Crippen LogP contribution in [0.2, 0.25) is 0 Å². The molecule has 0 unspecified atom stereocenters. The highest BCUT2D eigenvalue weighted by Gasteiger charge is 2.38. The fourth-order valence-electron chi connectivity index (χ4n) is 1.97. The van der Waals surface area contributed by atoms with Gasteiger partial charge in [-0.1, -0.05) is 27.4 Å². The molecule has 0 spiro atoms. The van der Waals surface area contributed by atoms with Crippen molar-refractivity contribution in [1.82, 2.24) is 0 Å². The lowest BCUT2D eigenvalue weighted by atomic mass is 9.83. The first-order chi connectivity index (χ1) is 6.39. The van der Waals surface area contributed by atoms with Crippen molar-refractivity contribution >= 4 is 5.97 Å². The summed E-state index contributed by atoms with van der Waals surface area (Å²) in [5.74, 6) is 0.524. The Balaban J connectivity index is 2.54. The van der Waals surface area contributed by atoms with Crippen molar-refractivity contribution in [2.75, 3.05) is 0 Å². The van der Waals surface area contributed by atoms with E-state index >= 15 is 0 Å². The quantitative estimate of drug-likeness (QED) is 0.549. The largest absolute Gasteiger partial charge is 0.423 e. The molecule has 0 aromatic carbocycles. The molecule has 2 aliphatic rings. The highest BCUT2D eigenvalue weighted by molar-refractivity contribution is 5.96. The molecule has 0 bridgehead atoms. The van der Waals surface area contributed by atoms with E-state index in [1.54, 1.807) is 0 Å². The number of allylic oxidation sites excluding steroid dienone is 3. The predicted molar refractivity (Wildman–Crippen MR) is 54.4 cm³/mol. The van der Waals surface area contributed by atoms with Gasteiger partial charge in [-0.15, -0.1) is 0 Å². The molecular weight excluding hydrogens is 176 g/mol.